The van der Waals surface area contributed by atoms with E-state index < -0.39 is 12.3 Å². The molecule has 0 atom stereocenters. The van der Waals surface area contributed by atoms with Crippen LogP contribution in [0.15, 0.2) is 0 Å². The van der Waals surface area contributed by atoms with Gasteiger partial charge in [-0.05, 0) is 63.2 Å². The molecule has 1 saturated carbocycles. The predicted molar refractivity (Wildman–Crippen MR) is 108 cm³/mol. The highest BCUT2D eigenvalue weighted by molar-refractivity contribution is 5.60. The van der Waals surface area contributed by atoms with E-state index in [1.165, 1.54) is 0 Å². The zero-order valence-electron chi connectivity index (χ0n) is 18.2. The van der Waals surface area contributed by atoms with Crippen molar-refractivity contribution in [3.05, 3.63) is 0 Å². The standard InChI is InChI=1S/C22H40O6/c1-17(2)9-5-7-15-25-21(23)27-19-11-13-20(14-12-19)28-22(24)26-16-8-6-10-18(3)4/h17-20H,5-16H2,1-4H3. The van der Waals surface area contributed by atoms with Crippen LogP contribution in [0.25, 0.3) is 0 Å². The number of carbonyl (C=O) groups excluding carboxylic acids is 2. The maximum absolute atomic E-state index is 11.7. The molecule has 0 spiro atoms. The fourth-order valence-electron chi connectivity index (χ4n) is 3.23. The summed E-state index contributed by atoms with van der Waals surface area (Å²) >= 11 is 0. The Hall–Kier alpha value is -1.46. The number of hydrogen-bond acceptors (Lipinski definition) is 6. The van der Waals surface area contributed by atoms with Crippen LogP contribution in [0, 0.1) is 11.8 Å². The largest absolute Gasteiger partial charge is 0.508 e. The first kappa shape index (κ1) is 24.6. The fraction of sp³-hybridized carbons (Fsp3) is 0.909. The molecule has 0 saturated heterocycles. The normalized spacial score (nSPS) is 19.5. The summed E-state index contributed by atoms with van der Waals surface area (Å²) in [5.41, 5.74) is 0. The first-order valence-corrected chi connectivity index (χ1v) is 11.0. The van der Waals surface area contributed by atoms with E-state index in [9.17, 15) is 9.59 Å². The molecule has 164 valence electrons. The monoisotopic (exact) mass is 400 g/mol. The van der Waals surface area contributed by atoms with Crippen molar-refractivity contribution < 1.29 is 28.5 Å². The van der Waals surface area contributed by atoms with Gasteiger partial charge in [-0.15, -0.1) is 0 Å². The van der Waals surface area contributed by atoms with Crippen LogP contribution in [-0.4, -0.2) is 37.7 Å². The van der Waals surface area contributed by atoms with E-state index in [2.05, 4.69) is 27.7 Å². The van der Waals surface area contributed by atoms with Crippen LogP contribution in [0.4, 0.5) is 9.59 Å². The third kappa shape index (κ3) is 12.8. The van der Waals surface area contributed by atoms with Gasteiger partial charge >= 0.3 is 12.3 Å². The summed E-state index contributed by atoms with van der Waals surface area (Å²) in [5.74, 6) is 1.35. The zero-order valence-corrected chi connectivity index (χ0v) is 18.2. The molecule has 28 heavy (non-hydrogen) atoms. The van der Waals surface area contributed by atoms with Gasteiger partial charge in [-0.3, -0.25) is 0 Å². The van der Waals surface area contributed by atoms with Crippen molar-refractivity contribution in [1.82, 2.24) is 0 Å². The molecular weight excluding hydrogens is 360 g/mol. The van der Waals surface area contributed by atoms with Crippen molar-refractivity contribution in [3.63, 3.8) is 0 Å². The quantitative estimate of drug-likeness (QED) is 0.284. The summed E-state index contributed by atoms with van der Waals surface area (Å²) in [7, 11) is 0. The number of unbranched alkanes of at least 4 members (excludes halogenated alkanes) is 2. The molecule has 0 heterocycles. The molecule has 0 aromatic rings. The molecule has 1 fully saturated rings. The maximum Gasteiger partial charge on any atom is 0.508 e. The number of ether oxygens (including phenoxy) is 4. The summed E-state index contributed by atoms with van der Waals surface area (Å²) in [6.07, 6.45) is 7.34. The van der Waals surface area contributed by atoms with Gasteiger partial charge < -0.3 is 18.9 Å². The molecule has 1 aliphatic carbocycles. The Bertz CT molecular complexity index is 387. The first-order chi connectivity index (χ1) is 13.4. The lowest BCUT2D eigenvalue weighted by atomic mass is 9.95. The molecule has 0 unspecified atom stereocenters. The van der Waals surface area contributed by atoms with Crippen molar-refractivity contribution in [2.24, 2.45) is 11.8 Å². The van der Waals surface area contributed by atoms with Gasteiger partial charge in [0.15, 0.2) is 0 Å². The lowest BCUT2D eigenvalue weighted by Gasteiger charge is -2.27. The highest BCUT2D eigenvalue weighted by Gasteiger charge is 2.27. The minimum Gasteiger partial charge on any atom is -0.434 e. The third-order valence-corrected chi connectivity index (χ3v) is 4.94. The van der Waals surface area contributed by atoms with Crippen molar-refractivity contribution in [2.45, 2.75) is 104 Å². The number of carbonyl (C=O) groups is 2. The number of rotatable bonds is 12. The van der Waals surface area contributed by atoms with E-state index in [1.807, 2.05) is 0 Å². The topological polar surface area (TPSA) is 71.1 Å². The van der Waals surface area contributed by atoms with Crippen molar-refractivity contribution in [2.75, 3.05) is 13.2 Å². The molecule has 0 aliphatic heterocycles. The lowest BCUT2D eigenvalue weighted by Crippen LogP contribution is -2.30. The molecule has 1 rings (SSSR count). The Morgan fingerprint density at radius 1 is 0.679 bits per heavy atom. The van der Waals surface area contributed by atoms with E-state index in [0.29, 0.717) is 50.7 Å². The predicted octanol–water partition coefficient (Wildman–Crippen LogP) is 6.26. The second-order valence-corrected chi connectivity index (χ2v) is 8.61. The average Bonchev–Trinajstić information content (AvgIpc) is 2.62. The Kier molecular flexibility index (Phi) is 12.8. The number of hydrogen-bond donors (Lipinski definition) is 0. The molecule has 0 bridgehead atoms. The molecule has 0 radical (unpaired) electrons. The lowest BCUT2D eigenvalue weighted by molar-refractivity contribution is -0.0271. The van der Waals surface area contributed by atoms with Gasteiger partial charge in [0.2, 0.25) is 0 Å². The van der Waals surface area contributed by atoms with Gasteiger partial charge in [0.1, 0.15) is 12.2 Å². The molecule has 1 aliphatic rings. The first-order valence-electron chi connectivity index (χ1n) is 11.0. The van der Waals surface area contributed by atoms with Crippen LogP contribution in [-0.2, 0) is 18.9 Å². The van der Waals surface area contributed by atoms with Gasteiger partial charge in [0, 0.05) is 0 Å². The molecule has 0 aromatic heterocycles. The smallest absolute Gasteiger partial charge is 0.434 e. The molecule has 0 amide bonds. The maximum atomic E-state index is 11.7. The second kappa shape index (κ2) is 14.5. The van der Waals surface area contributed by atoms with Gasteiger partial charge in [-0.25, -0.2) is 9.59 Å². The van der Waals surface area contributed by atoms with Crippen LogP contribution < -0.4 is 0 Å². The Morgan fingerprint density at radius 2 is 1.04 bits per heavy atom. The average molecular weight is 401 g/mol. The molecule has 6 nitrogen and oxygen atoms in total. The molecular formula is C22H40O6. The van der Waals surface area contributed by atoms with E-state index in [1.54, 1.807) is 0 Å². The summed E-state index contributed by atoms with van der Waals surface area (Å²) < 4.78 is 21.0. The van der Waals surface area contributed by atoms with Gasteiger partial charge in [0.05, 0.1) is 13.2 Å². The summed E-state index contributed by atoms with van der Waals surface area (Å²) in [4.78, 5) is 23.5. The summed E-state index contributed by atoms with van der Waals surface area (Å²) in [6.45, 7) is 9.55. The Labute approximate surface area is 170 Å². The summed E-state index contributed by atoms with van der Waals surface area (Å²) in [5, 5.41) is 0. The van der Waals surface area contributed by atoms with Crippen LogP contribution >= 0.6 is 0 Å². The van der Waals surface area contributed by atoms with E-state index in [4.69, 9.17) is 18.9 Å². The highest BCUT2D eigenvalue weighted by Crippen LogP contribution is 2.24. The minimum absolute atomic E-state index is 0.157. The molecule has 6 heteroatoms. The zero-order chi connectivity index (χ0) is 20.8. The summed E-state index contributed by atoms with van der Waals surface area (Å²) in [6, 6.07) is 0. The van der Waals surface area contributed by atoms with Crippen molar-refractivity contribution in [3.8, 4) is 0 Å². The molecule has 0 N–H and O–H groups in total. The van der Waals surface area contributed by atoms with Gasteiger partial charge in [-0.2, -0.15) is 0 Å². The van der Waals surface area contributed by atoms with E-state index in [-0.39, 0.29) is 12.2 Å². The fourth-order valence-corrected chi connectivity index (χ4v) is 3.23. The van der Waals surface area contributed by atoms with Crippen LogP contribution in [0.2, 0.25) is 0 Å². The van der Waals surface area contributed by atoms with Crippen molar-refractivity contribution in [1.29, 1.82) is 0 Å². The SMILES string of the molecule is CC(C)CCCCOC(=O)OC1CCC(OC(=O)OCCCCC(C)C)CC1. The second-order valence-electron chi connectivity index (χ2n) is 8.61. The van der Waals surface area contributed by atoms with Crippen LogP contribution in [0.3, 0.4) is 0 Å². The van der Waals surface area contributed by atoms with Crippen LogP contribution in [0.5, 0.6) is 0 Å². The van der Waals surface area contributed by atoms with Crippen LogP contribution in [0.1, 0.15) is 91.9 Å². The van der Waals surface area contributed by atoms with E-state index >= 15 is 0 Å². The third-order valence-electron chi connectivity index (χ3n) is 4.94. The van der Waals surface area contributed by atoms with Crippen molar-refractivity contribution >= 4 is 12.3 Å². The molecule has 0 aromatic carbocycles. The Balaban J connectivity index is 2.05. The van der Waals surface area contributed by atoms with Gasteiger partial charge in [0.25, 0.3) is 0 Å². The highest BCUT2D eigenvalue weighted by atomic mass is 16.7. The van der Waals surface area contributed by atoms with Gasteiger partial charge in [-0.1, -0.05) is 40.5 Å². The Morgan fingerprint density at radius 3 is 1.36 bits per heavy atom. The van der Waals surface area contributed by atoms with E-state index in [0.717, 1.165) is 38.5 Å². The minimum atomic E-state index is -0.588.